The van der Waals surface area contributed by atoms with Crippen molar-refractivity contribution >= 4 is 28.5 Å². The number of urea groups is 1. The molecule has 6 nitrogen and oxygen atoms in total. The molecule has 2 aliphatic rings. The van der Waals surface area contributed by atoms with Crippen LogP contribution >= 0.6 is 0 Å². The number of benzene rings is 2. The maximum atomic E-state index is 13.6. The van der Waals surface area contributed by atoms with E-state index in [0.29, 0.717) is 24.4 Å². The smallest absolute Gasteiger partial charge is 0.332 e. The first kappa shape index (κ1) is 15.9. The zero-order chi connectivity index (χ0) is 18.8. The number of aromatic nitrogens is 1. The van der Waals surface area contributed by atoms with E-state index < -0.39 is 5.54 Å². The lowest BCUT2D eigenvalue weighted by atomic mass is 9.87. The van der Waals surface area contributed by atoms with Gasteiger partial charge in [0.2, 0.25) is 0 Å². The van der Waals surface area contributed by atoms with E-state index in [1.54, 1.807) is 23.1 Å². The Morgan fingerprint density at radius 2 is 1.81 bits per heavy atom. The molecule has 0 saturated carbocycles. The molecule has 27 heavy (non-hydrogen) atoms. The number of fused-ring (bicyclic) bond motifs is 5. The van der Waals surface area contributed by atoms with Crippen molar-refractivity contribution in [1.82, 2.24) is 9.88 Å². The molecule has 1 fully saturated rings. The Hall–Kier alpha value is -3.28. The summed E-state index contributed by atoms with van der Waals surface area (Å²) in [4.78, 5) is 33.1. The number of para-hydroxylation sites is 3. The molecule has 0 spiro atoms. The predicted molar refractivity (Wildman–Crippen MR) is 102 cm³/mol. The Kier molecular flexibility index (Phi) is 3.16. The van der Waals surface area contributed by atoms with Crippen LogP contribution in [-0.4, -0.2) is 35.5 Å². The van der Waals surface area contributed by atoms with E-state index in [-0.39, 0.29) is 11.9 Å². The van der Waals surface area contributed by atoms with Gasteiger partial charge in [0.1, 0.15) is 5.75 Å². The van der Waals surface area contributed by atoms with Gasteiger partial charge >= 0.3 is 6.03 Å². The fourth-order valence-electron chi connectivity index (χ4n) is 4.42. The highest BCUT2D eigenvalue weighted by Crippen LogP contribution is 2.46. The molecule has 1 saturated heterocycles. The van der Waals surface area contributed by atoms with Gasteiger partial charge in [-0.15, -0.1) is 0 Å². The molecular formula is C21H19N3O3. The Labute approximate surface area is 156 Å². The predicted octanol–water partition coefficient (Wildman–Crippen LogP) is 3.42. The number of imide groups is 1. The van der Waals surface area contributed by atoms with Crippen molar-refractivity contribution in [3.05, 3.63) is 59.8 Å². The van der Waals surface area contributed by atoms with Crippen LogP contribution in [0.5, 0.6) is 5.75 Å². The minimum atomic E-state index is -1.05. The van der Waals surface area contributed by atoms with Crippen LogP contribution in [0.2, 0.25) is 0 Å². The van der Waals surface area contributed by atoms with Crippen molar-refractivity contribution in [3.8, 4) is 5.75 Å². The molecule has 3 aromatic rings. The average molecular weight is 361 g/mol. The van der Waals surface area contributed by atoms with E-state index in [0.717, 1.165) is 22.2 Å². The number of rotatable bonds is 2. The monoisotopic (exact) mass is 361 g/mol. The normalized spacial score (nSPS) is 21.6. The van der Waals surface area contributed by atoms with Crippen LogP contribution in [0.25, 0.3) is 10.9 Å². The first-order valence-electron chi connectivity index (χ1n) is 8.96. The van der Waals surface area contributed by atoms with Crippen molar-refractivity contribution in [1.29, 1.82) is 0 Å². The summed E-state index contributed by atoms with van der Waals surface area (Å²) in [6.45, 7) is 2.33. The van der Waals surface area contributed by atoms with Gasteiger partial charge in [-0.05, 0) is 37.1 Å². The Morgan fingerprint density at radius 3 is 2.63 bits per heavy atom. The summed E-state index contributed by atoms with van der Waals surface area (Å²) in [5.41, 5.74) is 2.34. The summed E-state index contributed by atoms with van der Waals surface area (Å²) in [5.74, 6) is 0.240. The molecule has 2 aromatic carbocycles. The number of nitrogens with zero attached hydrogens (tertiary/aromatic N) is 2. The third-order valence-corrected chi connectivity index (χ3v) is 5.79. The van der Waals surface area contributed by atoms with Crippen molar-refractivity contribution < 1.29 is 14.3 Å². The van der Waals surface area contributed by atoms with E-state index in [1.807, 2.05) is 31.2 Å². The highest BCUT2D eigenvalue weighted by Gasteiger charge is 2.59. The molecule has 1 N–H and O–H groups in total. The van der Waals surface area contributed by atoms with E-state index >= 15 is 0 Å². The molecule has 0 radical (unpaired) electrons. The van der Waals surface area contributed by atoms with E-state index in [2.05, 4.69) is 11.1 Å². The molecule has 2 aliphatic heterocycles. The van der Waals surface area contributed by atoms with E-state index in [1.165, 1.54) is 12.0 Å². The van der Waals surface area contributed by atoms with Gasteiger partial charge in [0, 0.05) is 17.4 Å². The fourth-order valence-corrected chi connectivity index (χ4v) is 4.42. The van der Waals surface area contributed by atoms with Gasteiger partial charge in [-0.1, -0.05) is 30.3 Å². The molecule has 0 bridgehead atoms. The second-order valence-corrected chi connectivity index (χ2v) is 7.09. The van der Waals surface area contributed by atoms with E-state index in [4.69, 9.17) is 4.74 Å². The van der Waals surface area contributed by atoms with Gasteiger partial charge in [0.05, 0.1) is 18.5 Å². The maximum Gasteiger partial charge on any atom is 0.332 e. The largest absolute Gasteiger partial charge is 0.495 e. The number of amides is 3. The van der Waals surface area contributed by atoms with Crippen LogP contribution in [0.1, 0.15) is 18.2 Å². The van der Waals surface area contributed by atoms with Gasteiger partial charge in [0.15, 0.2) is 5.54 Å². The molecule has 1 unspecified atom stereocenters. The summed E-state index contributed by atoms with van der Waals surface area (Å²) in [6.07, 6.45) is 0.716. The molecule has 3 amide bonds. The minimum absolute atomic E-state index is 0.260. The number of ether oxygens (including phenoxy) is 1. The topological polar surface area (TPSA) is 65.6 Å². The fraction of sp³-hybridized carbons (Fsp3) is 0.238. The number of carbonyl (C=O) groups is 2. The third-order valence-electron chi connectivity index (χ3n) is 5.79. The van der Waals surface area contributed by atoms with Gasteiger partial charge in [0.25, 0.3) is 5.91 Å². The van der Waals surface area contributed by atoms with Gasteiger partial charge in [-0.2, -0.15) is 0 Å². The maximum absolute atomic E-state index is 13.6. The Morgan fingerprint density at radius 1 is 1.07 bits per heavy atom. The third kappa shape index (κ3) is 1.90. The molecule has 6 heteroatoms. The van der Waals surface area contributed by atoms with Crippen LogP contribution in [0.15, 0.2) is 48.5 Å². The zero-order valence-corrected chi connectivity index (χ0v) is 15.2. The number of H-pyrrole nitrogens is 1. The first-order chi connectivity index (χ1) is 13.1. The van der Waals surface area contributed by atoms with Crippen molar-refractivity contribution in [2.45, 2.75) is 18.9 Å². The van der Waals surface area contributed by atoms with Crippen molar-refractivity contribution in [2.24, 2.45) is 0 Å². The van der Waals surface area contributed by atoms with Crippen molar-refractivity contribution in [2.75, 3.05) is 18.6 Å². The number of hydrogen-bond donors (Lipinski definition) is 1. The van der Waals surface area contributed by atoms with Crippen LogP contribution in [0.3, 0.4) is 0 Å². The SMILES string of the molecule is COc1ccccc1N1C(=O)N2CCc3c([nH]c4ccccc34)C2(C)C1=O. The van der Waals surface area contributed by atoms with Crippen LogP contribution in [0.4, 0.5) is 10.5 Å². The summed E-state index contributed by atoms with van der Waals surface area (Å²) < 4.78 is 5.39. The van der Waals surface area contributed by atoms with Gasteiger partial charge in [-0.3, -0.25) is 4.79 Å². The minimum Gasteiger partial charge on any atom is -0.495 e. The molecule has 1 atom stereocenters. The summed E-state index contributed by atoms with van der Waals surface area (Å²) in [5, 5.41) is 1.12. The zero-order valence-electron chi connectivity index (χ0n) is 15.2. The number of methoxy groups -OCH3 is 1. The molecule has 136 valence electrons. The van der Waals surface area contributed by atoms with Gasteiger partial charge in [-0.25, -0.2) is 9.69 Å². The number of carbonyl (C=O) groups excluding carboxylic acids is 2. The second kappa shape index (κ2) is 5.36. The Balaban J connectivity index is 1.71. The highest BCUT2D eigenvalue weighted by molar-refractivity contribution is 6.24. The molecule has 5 rings (SSSR count). The summed E-state index contributed by atoms with van der Waals surface area (Å²) >= 11 is 0. The molecule has 0 aliphatic carbocycles. The van der Waals surface area contributed by atoms with E-state index in [9.17, 15) is 9.59 Å². The number of hydrogen-bond acceptors (Lipinski definition) is 3. The van der Waals surface area contributed by atoms with Crippen molar-refractivity contribution in [3.63, 3.8) is 0 Å². The second-order valence-electron chi connectivity index (χ2n) is 7.09. The molecular weight excluding hydrogens is 342 g/mol. The highest BCUT2D eigenvalue weighted by atomic mass is 16.5. The lowest BCUT2D eigenvalue weighted by Gasteiger charge is -2.35. The lowest BCUT2D eigenvalue weighted by Crippen LogP contribution is -2.49. The molecule has 1 aromatic heterocycles. The summed E-state index contributed by atoms with van der Waals surface area (Å²) in [7, 11) is 1.54. The quantitative estimate of drug-likeness (QED) is 0.712. The summed E-state index contributed by atoms with van der Waals surface area (Å²) in [6, 6.07) is 14.8. The number of anilines is 1. The number of nitrogens with one attached hydrogen (secondary N) is 1. The van der Waals surface area contributed by atoms with Crippen LogP contribution in [-0.2, 0) is 16.8 Å². The number of aromatic amines is 1. The molecule has 3 heterocycles. The first-order valence-corrected chi connectivity index (χ1v) is 8.96. The van der Waals surface area contributed by atoms with Crippen LogP contribution < -0.4 is 9.64 Å². The standard InChI is InChI=1S/C21H19N3O3/c1-21-18-14(13-7-3-4-8-15(13)22-18)11-12-23(21)20(26)24(19(21)25)16-9-5-6-10-17(16)27-2/h3-10,22H,11-12H2,1-2H3. The van der Waals surface area contributed by atoms with Gasteiger partial charge < -0.3 is 14.6 Å². The Bertz CT molecular complexity index is 1100. The average Bonchev–Trinajstić information content (AvgIpc) is 3.16. The lowest BCUT2D eigenvalue weighted by molar-refractivity contribution is -0.125. The van der Waals surface area contributed by atoms with Crippen LogP contribution in [0, 0.1) is 0 Å².